The summed E-state index contributed by atoms with van der Waals surface area (Å²) in [7, 11) is 1.87. The lowest BCUT2D eigenvalue weighted by molar-refractivity contribution is 0.0664. The number of amides is 1. The third kappa shape index (κ3) is 2.98. The molecule has 0 N–H and O–H groups in total. The zero-order valence-electron chi connectivity index (χ0n) is 15.5. The Morgan fingerprint density at radius 1 is 1.35 bits per heavy atom. The van der Waals surface area contributed by atoms with E-state index in [0.29, 0.717) is 5.92 Å². The molecule has 0 aromatic carbocycles. The maximum Gasteiger partial charge on any atom is 0.254 e. The molecule has 7 heteroatoms. The first-order chi connectivity index (χ1) is 12.5. The van der Waals surface area contributed by atoms with Crippen molar-refractivity contribution in [1.29, 1.82) is 0 Å². The molecular formula is C19H24N6O. The van der Waals surface area contributed by atoms with Crippen LogP contribution in [0.5, 0.6) is 0 Å². The van der Waals surface area contributed by atoms with Crippen LogP contribution in [-0.2, 0) is 13.6 Å². The molecule has 0 aliphatic carbocycles. The number of pyridine rings is 1. The van der Waals surface area contributed by atoms with Crippen molar-refractivity contribution < 1.29 is 4.79 Å². The predicted octanol–water partition coefficient (Wildman–Crippen LogP) is 2.33. The normalized spacial score (nSPS) is 17.8. The van der Waals surface area contributed by atoms with Crippen LogP contribution >= 0.6 is 0 Å². The SMILES string of the molecule is Cc1cc(C(=O)N2CCCC(Cn3ccnc3)C2)c2c(C)nn(C)c2n1. The molecule has 1 unspecified atom stereocenters. The fourth-order valence-electron chi connectivity index (χ4n) is 4.00. The van der Waals surface area contributed by atoms with Crippen molar-refractivity contribution in [1.82, 2.24) is 29.2 Å². The predicted molar refractivity (Wildman–Crippen MR) is 98.8 cm³/mol. The molecule has 1 atom stereocenters. The largest absolute Gasteiger partial charge is 0.338 e. The highest BCUT2D eigenvalue weighted by Gasteiger charge is 2.27. The second-order valence-corrected chi connectivity index (χ2v) is 7.24. The lowest BCUT2D eigenvalue weighted by Gasteiger charge is -2.33. The summed E-state index contributed by atoms with van der Waals surface area (Å²) in [5.74, 6) is 0.544. The zero-order valence-corrected chi connectivity index (χ0v) is 15.5. The molecule has 0 radical (unpaired) electrons. The molecule has 1 fully saturated rings. The van der Waals surface area contributed by atoms with E-state index in [1.54, 1.807) is 10.9 Å². The molecule has 26 heavy (non-hydrogen) atoms. The lowest BCUT2D eigenvalue weighted by Crippen LogP contribution is -2.41. The van der Waals surface area contributed by atoms with Crippen molar-refractivity contribution in [2.45, 2.75) is 33.2 Å². The van der Waals surface area contributed by atoms with Crippen LogP contribution in [0.2, 0.25) is 0 Å². The number of imidazole rings is 1. The quantitative estimate of drug-likeness (QED) is 0.725. The molecule has 4 rings (SSSR count). The lowest BCUT2D eigenvalue weighted by atomic mass is 9.96. The summed E-state index contributed by atoms with van der Waals surface area (Å²) in [5, 5.41) is 5.33. The fourth-order valence-corrected chi connectivity index (χ4v) is 4.00. The molecule has 0 spiro atoms. The number of rotatable bonds is 3. The van der Waals surface area contributed by atoms with E-state index in [1.165, 1.54) is 0 Å². The van der Waals surface area contributed by atoms with Crippen LogP contribution < -0.4 is 0 Å². The molecule has 136 valence electrons. The number of hydrogen-bond acceptors (Lipinski definition) is 4. The van der Waals surface area contributed by atoms with Gasteiger partial charge >= 0.3 is 0 Å². The van der Waals surface area contributed by atoms with Gasteiger partial charge in [0.1, 0.15) is 0 Å². The van der Waals surface area contributed by atoms with Crippen molar-refractivity contribution in [3.05, 3.63) is 41.7 Å². The van der Waals surface area contributed by atoms with Gasteiger partial charge in [-0.1, -0.05) is 0 Å². The number of likely N-dealkylation sites (tertiary alicyclic amines) is 1. The topological polar surface area (TPSA) is 68.8 Å². The van der Waals surface area contributed by atoms with Crippen molar-refractivity contribution in [2.75, 3.05) is 13.1 Å². The van der Waals surface area contributed by atoms with E-state index in [1.807, 2.05) is 44.4 Å². The highest BCUT2D eigenvalue weighted by molar-refractivity contribution is 6.06. The van der Waals surface area contributed by atoms with Gasteiger partial charge in [0.05, 0.1) is 23.0 Å². The average Bonchev–Trinajstić information content (AvgIpc) is 3.22. The van der Waals surface area contributed by atoms with Crippen LogP contribution in [0.1, 0.15) is 34.6 Å². The first-order valence-corrected chi connectivity index (χ1v) is 9.09. The van der Waals surface area contributed by atoms with Crippen LogP contribution in [-0.4, -0.2) is 48.2 Å². The molecule has 4 heterocycles. The van der Waals surface area contributed by atoms with E-state index < -0.39 is 0 Å². The minimum atomic E-state index is 0.0898. The van der Waals surface area contributed by atoms with Gasteiger partial charge in [-0.2, -0.15) is 5.10 Å². The highest BCUT2D eigenvalue weighted by Crippen LogP contribution is 2.26. The molecule has 1 saturated heterocycles. The Labute approximate surface area is 152 Å². The number of hydrogen-bond donors (Lipinski definition) is 0. The van der Waals surface area contributed by atoms with E-state index in [-0.39, 0.29) is 5.91 Å². The maximum absolute atomic E-state index is 13.3. The van der Waals surface area contributed by atoms with Gasteiger partial charge < -0.3 is 9.47 Å². The minimum Gasteiger partial charge on any atom is -0.338 e. The molecule has 1 aliphatic heterocycles. The second-order valence-electron chi connectivity index (χ2n) is 7.24. The van der Waals surface area contributed by atoms with Gasteiger partial charge in [0.2, 0.25) is 0 Å². The fraction of sp³-hybridized carbons (Fsp3) is 0.474. The molecule has 3 aromatic heterocycles. The van der Waals surface area contributed by atoms with Gasteiger partial charge in [0.25, 0.3) is 5.91 Å². The summed E-state index contributed by atoms with van der Waals surface area (Å²) in [4.78, 5) is 24.0. The zero-order chi connectivity index (χ0) is 18.3. The van der Waals surface area contributed by atoms with Gasteiger partial charge in [-0.3, -0.25) is 9.48 Å². The van der Waals surface area contributed by atoms with Gasteiger partial charge in [-0.05, 0) is 38.7 Å². The van der Waals surface area contributed by atoms with Gasteiger partial charge in [-0.25, -0.2) is 9.97 Å². The molecular weight excluding hydrogens is 328 g/mol. The number of carbonyl (C=O) groups excluding carboxylic acids is 1. The van der Waals surface area contributed by atoms with E-state index in [0.717, 1.165) is 60.5 Å². The van der Waals surface area contributed by atoms with E-state index in [2.05, 4.69) is 19.6 Å². The van der Waals surface area contributed by atoms with E-state index in [9.17, 15) is 4.79 Å². The Bertz CT molecular complexity index is 943. The Kier molecular flexibility index (Phi) is 4.22. The number of aryl methyl sites for hydroxylation is 3. The smallest absolute Gasteiger partial charge is 0.254 e. The molecule has 1 amide bonds. The number of piperidine rings is 1. The van der Waals surface area contributed by atoms with Crippen molar-refractivity contribution >= 4 is 16.9 Å². The van der Waals surface area contributed by atoms with Crippen LogP contribution in [0, 0.1) is 19.8 Å². The van der Waals surface area contributed by atoms with Gasteiger partial charge in [0.15, 0.2) is 5.65 Å². The Balaban J connectivity index is 1.62. The number of carbonyl (C=O) groups is 1. The Hall–Kier alpha value is -2.70. The van der Waals surface area contributed by atoms with Crippen molar-refractivity contribution in [3.63, 3.8) is 0 Å². The summed E-state index contributed by atoms with van der Waals surface area (Å²) < 4.78 is 3.85. The minimum absolute atomic E-state index is 0.0898. The standard InChI is InChI=1S/C19H24N6O/c1-13-9-16(17-14(2)22-23(3)18(17)21-13)19(26)25-7-4-5-15(11-25)10-24-8-6-20-12-24/h6,8-9,12,15H,4-5,7,10-11H2,1-3H3. The summed E-state index contributed by atoms with van der Waals surface area (Å²) in [5.41, 5.74) is 3.19. The van der Waals surface area contributed by atoms with E-state index in [4.69, 9.17) is 0 Å². The Morgan fingerprint density at radius 2 is 2.19 bits per heavy atom. The molecule has 1 aliphatic rings. The first-order valence-electron chi connectivity index (χ1n) is 9.09. The number of aromatic nitrogens is 5. The average molecular weight is 352 g/mol. The molecule has 7 nitrogen and oxygen atoms in total. The monoisotopic (exact) mass is 352 g/mol. The first kappa shape index (κ1) is 16.8. The number of nitrogens with zero attached hydrogens (tertiary/aromatic N) is 6. The highest BCUT2D eigenvalue weighted by atomic mass is 16.2. The second kappa shape index (κ2) is 6.55. The van der Waals surface area contributed by atoms with Gasteiger partial charge in [-0.15, -0.1) is 0 Å². The third-order valence-corrected chi connectivity index (χ3v) is 5.16. The summed E-state index contributed by atoms with van der Waals surface area (Å²) in [6, 6.07) is 1.90. The van der Waals surface area contributed by atoms with E-state index >= 15 is 0 Å². The van der Waals surface area contributed by atoms with Crippen LogP contribution in [0.4, 0.5) is 0 Å². The van der Waals surface area contributed by atoms with Crippen LogP contribution in [0.3, 0.4) is 0 Å². The summed E-state index contributed by atoms with van der Waals surface area (Å²) in [6.45, 7) is 6.35. The van der Waals surface area contributed by atoms with Crippen LogP contribution in [0.15, 0.2) is 24.8 Å². The third-order valence-electron chi connectivity index (χ3n) is 5.16. The number of fused-ring (bicyclic) bond motifs is 1. The van der Waals surface area contributed by atoms with Gasteiger partial charge in [0, 0.05) is 44.8 Å². The molecule has 0 bridgehead atoms. The summed E-state index contributed by atoms with van der Waals surface area (Å²) in [6.07, 6.45) is 7.79. The van der Waals surface area contributed by atoms with Crippen molar-refractivity contribution in [2.24, 2.45) is 13.0 Å². The Morgan fingerprint density at radius 3 is 2.96 bits per heavy atom. The molecule has 3 aromatic rings. The van der Waals surface area contributed by atoms with Crippen LogP contribution in [0.25, 0.3) is 11.0 Å². The van der Waals surface area contributed by atoms with Crippen molar-refractivity contribution in [3.8, 4) is 0 Å². The molecule has 0 saturated carbocycles. The summed E-state index contributed by atoms with van der Waals surface area (Å²) >= 11 is 0. The maximum atomic E-state index is 13.3.